The first-order chi connectivity index (χ1) is 15.7. The molecule has 0 radical (unpaired) electrons. The van der Waals surface area contributed by atoms with Gasteiger partial charge in [0.05, 0.1) is 13.2 Å². The highest BCUT2D eigenvalue weighted by Crippen LogP contribution is 2.30. The number of carbonyl (C=O) groups excluding carboxylic acids is 1. The van der Waals surface area contributed by atoms with Crippen LogP contribution in [-0.2, 0) is 17.9 Å². The van der Waals surface area contributed by atoms with Crippen molar-refractivity contribution in [3.63, 3.8) is 0 Å². The van der Waals surface area contributed by atoms with Gasteiger partial charge in [-0.3, -0.25) is 9.69 Å². The van der Waals surface area contributed by atoms with E-state index in [1.54, 1.807) is 7.11 Å². The maximum atomic E-state index is 13.0. The summed E-state index contributed by atoms with van der Waals surface area (Å²) in [6.07, 6.45) is 3.08. The van der Waals surface area contributed by atoms with Gasteiger partial charge in [-0.2, -0.15) is 0 Å². The molecule has 1 aliphatic heterocycles. The van der Waals surface area contributed by atoms with Crippen molar-refractivity contribution in [1.82, 2.24) is 10.2 Å². The standard InChI is InChI=1S/C27H29ClN2O2/c1-32-26-12-5-3-9-23(26)21-15-13-20(14-16-21)19-30-17-7-6-11-25(30)27(31)29-18-22-8-2-4-10-24(22)28/h2-5,8-10,12-16,25H,6-7,11,17-19H2,1H3,(H,29,31). The summed E-state index contributed by atoms with van der Waals surface area (Å²) in [7, 11) is 1.69. The molecule has 0 bridgehead atoms. The molecule has 0 saturated carbocycles. The molecule has 1 amide bonds. The van der Waals surface area contributed by atoms with Crippen molar-refractivity contribution in [3.05, 3.63) is 88.9 Å². The molecule has 4 rings (SSSR count). The zero-order valence-electron chi connectivity index (χ0n) is 18.4. The summed E-state index contributed by atoms with van der Waals surface area (Å²) in [4.78, 5) is 15.3. The number of hydrogen-bond donors (Lipinski definition) is 1. The molecule has 4 nitrogen and oxygen atoms in total. The lowest BCUT2D eigenvalue weighted by atomic mass is 9.99. The maximum Gasteiger partial charge on any atom is 0.237 e. The van der Waals surface area contributed by atoms with Crippen molar-refractivity contribution in [1.29, 1.82) is 0 Å². The third-order valence-corrected chi connectivity index (χ3v) is 6.45. The van der Waals surface area contributed by atoms with Crippen LogP contribution < -0.4 is 10.1 Å². The summed E-state index contributed by atoms with van der Waals surface area (Å²) in [5, 5.41) is 3.77. The third kappa shape index (κ3) is 5.32. The number of nitrogens with one attached hydrogen (secondary N) is 1. The van der Waals surface area contributed by atoms with Crippen LogP contribution in [0.3, 0.4) is 0 Å². The monoisotopic (exact) mass is 448 g/mol. The minimum Gasteiger partial charge on any atom is -0.496 e. The van der Waals surface area contributed by atoms with Crippen molar-refractivity contribution in [2.45, 2.75) is 38.4 Å². The fraction of sp³-hybridized carbons (Fsp3) is 0.296. The number of rotatable bonds is 7. The van der Waals surface area contributed by atoms with Crippen LogP contribution >= 0.6 is 11.6 Å². The van der Waals surface area contributed by atoms with E-state index in [1.807, 2.05) is 42.5 Å². The fourth-order valence-electron chi connectivity index (χ4n) is 4.33. The fourth-order valence-corrected chi connectivity index (χ4v) is 4.53. The summed E-state index contributed by atoms with van der Waals surface area (Å²) >= 11 is 6.24. The maximum absolute atomic E-state index is 13.0. The van der Waals surface area contributed by atoms with Crippen LogP contribution in [0.1, 0.15) is 30.4 Å². The van der Waals surface area contributed by atoms with E-state index in [1.165, 1.54) is 5.56 Å². The molecule has 32 heavy (non-hydrogen) atoms. The lowest BCUT2D eigenvalue weighted by Crippen LogP contribution is -2.48. The van der Waals surface area contributed by atoms with Gasteiger partial charge in [-0.05, 0) is 48.2 Å². The Morgan fingerprint density at radius 3 is 2.56 bits per heavy atom. The second-order valence-electron chi connectivity index (χ2n) is 8.19. The van der Waals surface area contributed by atoms with E-state index in [9.17, 15) is 4.79 Å². The van der Waals surface area contributed by atoms with Crippen LogP contribution in [-0.4, -0.2) is 30.5 Å². The molecule has 0 aliphatic carbocycles. The molecule has 1 fully saturated rings. The highest BCUT2D eigenvalue weighted by atomic mass is 35.5. The van der Waals surface area contributed by atoms with E-state index in [4.69, 9.17) is 16.3 Å². The zero-order valence-corrected chi connectivity index (χ0v) is 19.1. The summed E-state index contributed by atoms with van der Waals surface area (Å²) < 4.78 is 5.49. The Kier molecular flexibility index (Phi) is 7.46. The van der Waals surface area contributed by atoms with Gasteiger partial charge in [-0.1, -0.05) is 78.7 Å². The molecule has 1 unspecified atom stereocenters. The number of benzene rings is 3. The number of piperidine rings is 1. The number of likely N-dealkylation sites (tertiary alicyclic amines) is 1. The minimum atomic E-state index is -0.111. The van der Waals surface area contributed by atoms with Gasteiger partial charge in [0, 0.05) is 23.7 Å². The van der Waals surface area contributed by atoms with Crippen LogP contribution in [0.15, 0.2) is 72.8 Å². The van der Waals surface area contributed by atoms with Crippen molar-refractivity contribution >= 4 is 17.5 Å². The van der Waals surface area contributed by atoms with Crippen LogP contribution in [0.25, 0.3) is 11.1 Å². The number of ether oxygens (including phenoxy) is 1. The molecule has 1 saturated heterocycles. The summed E-state index contributed by atoms with van der Waals surface area (Å²) in [5.74, 6) is 0.946. The molecular weight excluding hydrogens is 420 g/mol. The minimum absolute atomic E-state index is 0.0789. The van der Waals surface area contributed by atoms with E-state index in [0.29, 0.717) is 11.6 Å². The molecule has 0 aromatic heterocycles. The Balaban J connectivity index is 1.41. The van der Waals surface area contributed by atoms with Gasteiger partial charge in [0.2, 0.25) is 5.91 Å². The Labute approximate surface area is 195 Å². The van der Waals surface area contributed by atoms with E-state index in [2.05, 4.69) is 40.5 Å². The molecule has 0 spiro atoms. The summed E-state index contributed by atoms with van der Waals surface area (Å²) in [6, 6.07) is 24.1. The Bertz CT molecular complexity index is 1050. The quantitative estimate of drug-likeness (QED) is 0.505. The number of hydrogen-bond acceptors (Lipinski definition) is 3. The first-order valence-corrected chi connectivity index (χ1v) is 11.5. The SMILES string of the molecule is COc1ccccc1-c1ccc(CN2CCCCC2C(=O)NCc2ccccc2Cl)cc1. The van der Waals surface area contributed by atoms with E-state index >= 15 is 0 Å². The highest BCUT2D eigenvalue weighted by molar-refractivity contribution is 6.31. The average Bonchev–Trinajstić information content (AvgIpc) is 2.84. The Hall–Kier alpha value is -2.82. The molecule has 3 aromatic rings. The van der Waals surface area contributed by atoms with E-state index in [0.717, 1.165) is 54.8 Å². The van der Waals surface area contributed by atoms with Gasteiger partial charge >= 0.3 is 0 Å². The third-order valence-electron chi connectivity index (χ3n) is 6.08. The van der Waals surface area contributed by atoms with Gasteiger partial charge < -0.3 is 10.1 Å². The van der Waals surface area contributed by atoms with Gasteiger partial charge in [0.25, 0.3) is 0 Å². The van der Waals surface area contributed by atoms with Crippen LogP contribution in [0.5, 0.6) is 5.75 Å². The number of nitrogens with zero attached hydrogens (tertiary/aromatic N) is 1. The first-order valence-electron chi connectivity index (χ1n) is 11.1. The highest BCUT2D eigenvalue weighted by Gasteiger charge is 2.28. The van der Waals surface area contributed by atoms with Crippen molar-refractivity contribution in [2.24, 2.45) is 0 Å². The predicted octanol–water partition coefficient (Wildman–Crippen LogP) is 5.69. The molecule has 1 atom stereocenters. The molecule has 3 aromatic carbocycles. The topological polar surface area (TPSA) is 41.6 Å². The van der Waals surface area contributed by atoms with Crippen molar-refractivity contribution in [3.8, 4) is 16.9 Å². The van der Waals surface area contributed by atoms with Crippen LogP contribution in [0.2, 0.25) is 5.02 Å². The van der Waals surface area contributed by atoms with Gasteiger partial charge in [-0.25, -0.2) is 0 Å². The Morgan fingerprint density at radius 1 is 1.03 bits per heavy atom. The van der Waals surface area contributed by atoms with E-state index < -0.39 is 0 Å². The second kappa shape index (κ2) is 10.7. The number of carbonyl (C=O) groups is 1. The molecule has 1 N–H and O–H groups in total. The van der Waals surface area contributed by atoms with Gasteiger partial charge in [-0.15, -0.1) is 0 Å². The smallest absolute Gasteiger partial charge is 0.237 e. The van der Waals surface area contributed by atoms with Crippen LogP contribution in [0.4, 0.5) is 0 Å². The number of halogens is 1. The van der Waals surface area contributed by atoms with Crippen LogP contribution in [0, 0.1) is 0 Å². The summed E-state index contributed by atoms with van der Waals surface area (Å²) in [5.41, 5.74) is 4.35. The number of methoxy groups -OCH3 is 1. The Morgan fingerprint density at radius 2 is 1.78 bits per heavy atom. The molecule has 1 aliphatic rings. The summed E-state index contributed by atoms with van der Waals surface area (Å²) in [6.45, 7) is 2.14. The van der Waals surface area contributed by atoms with Gasteiger partial charge in [0.1, 0.15) is 5.75 Å². The largest absolute Gasteiger partial charge is 0.496 e. The number of amides is 1. The lowest BCUT2D eigenvalue weighted by molar-refractivity contribution is -0.128. The lowest BCUT2D eigenvalue weighted by Gasteiger charge is -2.34. The molecular formula is C27H29ClN2O2. The predicted molar refractivity (Wildman–Crippen MR) is 130 cm³/mol. The van der Waals surface area contributed by atoms with E-state index in [-0.39, 0.29) is 11.9 Å². The normalized spacial score (nSPS) is 16.5. The van der Waals surface area contributed by atoms with Crippen molar-refractivity contribution in [2.75, 3.05) is 13.7 Å². The second-order valence-corrected chi connectivity index (χ2v) is 8.60. The van der Waals surface area contributed by atoms with Gasteiger partial charge in [0.15, 0.2) is 0 Å². The molecule has 166 valence electrons. The molecule has 1 heterocycles. The number of para-hydroxylation sites is 1. The van der Waals surface area contributed by atoms with Crippen molar-refractivity contribution < 1.29 is 9.53 Å². The molecule has 5 heteroatoms. The first kappa shape index (κ1) is 22.4. The average molecular weight is 449 g/mol. The zero-order chi connectivity index (χ0) is 22.3.